The van der Waals surface area contributed by atoms with Gasteiger partial charge in [0.05, 0.1) is 17.2 Å². The number of aromatic nitrogens is 3. The first-order valence-corrected chi connectivity index (χ1v) is 7.82. The van der Waals surface area contributed by atoms with Gasteiger partial charge in [0.2, 0.25) is 0 Å². The molecule has 0 fully saturated rings. The van der Waals surface area contributed by atoms with Gasteiger partial charge in [-0.25, -0.2) is 4.98 Å². The molecule has 0 aliphatic carbocycles. The zero-order valence-electron chi connectivity index (χ0n) is 11.8. The van der Waals surface area contributed by atoms with Crippen molar-refractivity contribution in [2.45, 2.75) is 13.5 Å². The zero-order chi connectivity index (χ0) is 15.5. The summed E-state index contributed by atoms with van der Waals surface area (Å²) in [5.74, 6) is -0.196. The lowest BCUT2D eigenvalue weighted by atomic mass is 10.1. The lowest BCUT2D eigenvalue weighted by Gasteiger charge is -2.00. The number of aryl methyl sites for hydroxylation is 1. The number of hydrogen-bond donors (Lipinski definition) is 2. The van der Waals surface area contributed by atoms with Crippen molar-refractivity contribution in [3.63, 3.8) is 0 Å². The van der Waals surface area contributed by atoms with Crippen LogP contribution in [0.4, 0.5) is 0 Å². The van der Waals surface area contributed by atoms with E-state index in [0.29, 0.717) is 23.0 Å². The predicted octanol–water partition coefficient (Wildman–Crippen LogP) is 3.43. The number of carbonyl (C=O) groups is 1. The van der Waals surface area contributed by atoms with Crippen molar-refractivity contribution in [2.75, 3.05) is 0 Å². The Morgan fingerprint density at radius 1 is 1.36 bits per heavy atom. The minimum absolute atomic E-state index is 0.196. The topological polar surface area (TPSA) is 70.7 Å². The minimum Gasteiger partial charge on any atom is -0.346 e. The summed E-state index contributed by atoms with van der Waals surface area (Å²) < 4.78 is 0. The molecule has 5 nitrogen and oxygen atoms in total. The van der Waals surface area contributed by atoms with Crippen molar-refractivity contribution in [1.29, 1.82) is 0 Å². The van der Waals surface area contributed by atoms with E-state index in [1.54, 1.807) is 35.7 Å². The Morgan fingerprint density at radius 3 is 2.82 bits per heavy atom. The molecule has 7 heteroatoms. The number of thiazole rings is 1. The van der Waals surface area contributed by atoms with E-state index >= 15 is 0 Å². The van der Waals surface area contributed by atoms with E-state index in [4.69, 9.17) is 11.6 Å². The largest absolute Gasteiger partial charge is 0.346 e. The van der Waals surface area contributed by atoms with Gasteiger partial charge in [0.15, 0.2) is 0 Å². The fraction of sp³-hybridized carbons (Fsp3) is 0.133. The number of aromatic amines is 1. The highest BCUT2D eigenvalue weighted by Gasteiger charge is 2.11. The molecule has 3 rings (SSSR count). The van der Waals surface area contributed by atoms with Crippen molar-refractivity contribution in [2.24, 2.45) is 0 Å². The molecule has 2 N–H and O–H groups in total. The van der Waals surface area contributed by atoms with E-state index in [1.165, 1.54) is 0 Å². The van der Waals surface area contributed by atoms with E-state index in [2.05, 4.69) is 20.5 Å². The Balaban J connectivity index is 1.67. The van der Waals surface area contributed by atoms with Gasteiger partial charge in [0.1, 0.15) is 5.69 Å². The monoisotopic (exact) mass is 332 g/mol. The second-order valence-corrected chi connectivity index (χ2v) is 6.46. The van der Waals surface area contributed by atoms with E-state index < -0.39 is 0 Å². The number of rotatable bonds is 4. The molecule has 0 saturated heterocycles. The maximum Gasteiger partial charge on any atom is 0.269 e. The number of benzene rings is 1. The summed E-state index contributed by atoms with van der Waals surface area (Å²) in [6.07, 6.45) is 1.77. The summed E-state index contributed by atoms with van der Waals surface area (Å²) in [6, 6.07) is 9.02. The Labute approximate surface area is 136 Å². The lowest BCUT2D eigenvalue weighted by Crippen LogP contribution is -2.22. The standard InChI is InChI=1S/C15H13ClN4OS/c1-9-17-7-12(22-9)8-18-15(21)14-6-13(19-20-14)10-2-4-11(16)5-3-10/h2-7H,8H2,1H3,(H,18,21)(H,19,20). The Morgan fingerprint density at radius 2 is 2.14 bits per heavy atom. The smallest absolute Gasteiger partial charge is 0.269 e. The maximum absolute atomic E-state index is 12.1. The molecule has 0 spiro atoms. The highest BCUT2D eigenvalue weighted by molar-refractivity contribution is 7.11. The van der Waals surface area contributed by atoms with Gasteiger partial charge in [-0.15, -0.1) is 11.3 Å². The van der Waals surface area contributed by atoms with E-state index in [-0.39, 0.29) is 5.91 Å². The van der Waals surface area contributed by atoms with Crippen LogP contribution in [0.25, 0.3) is 11.3 Å². The normalized spacial score (nSPS) is 10.6. The van der Waals surface area contributed by atoms with Crippen LogP contribution in [0, 0.1) is 6.92 Å². The molecule has 0 saturated carbocycles. The molecule has 0 aliphatic rings. The number of carbonyl (C=O) groups excluding carboxylic acids is 1. The maximum atomic E-state index is 12.1. The van der Waals surface area contributed by atoms with Crippen LogP contribution in [0.1, 0.15) is 20.4 Å². The van der Waals surface area contributed by atoms with Crippen molar-refractivity contribution >= 4 is 28.8 Å². The van der Waals surface area contributed by atoms with Gasteiger partial charge in [-0.3, -0.25) is 9.89 Å². The fourth-order valence-electron chi connectivity index (χ4n) is 1.96. The second-order valence-electron chi connectivity index (χ2n) is 4.70. The molecule has 1 amide bonds. The number of amides is 1. The summed E-state index contributed by atoms with van der Waals surface area (Å²) in [4.78, 5) is 17.3. The van der Waals surface area contributed by atoms with Gasteiger partial charge in [-0.2, -0.15) is 5.10 Å². The van der Waals surface area contributed by atoms with Crippen molar-refractivity contribution in [3.8, 4) is 11.3 Å². The van der Waals surface area contributed by atoms with Gasteiger partial charge in [0.25, 0.3) is 5.91 Å². The first-order chi connectivity index (χ1) is 10.6. The molecular formula is C15H13ClN4OS. The van der Waals surface area contributed by atoms with Crippen LogP contribution < -0.4 is 5.32 Å². The molecule has 0 unspecified atom stereocenters. The number of H-pyrrole nitrogens is 1. The van der Waals surface area contributed by atoms with Crippen molar-refractivity contribution in [3.05, 3.63) is 57.1 Å². The molecule has 0 atom stereocenters. The molecule has 0 bridgehead atoms. The summed E-state index contributed by atoms with van der Waals surface area (Å²) >= 11 is 7.42. The van der Waals surface area contributed by atoms with Crippen molar-refractivity contribution in [1.82, 2.24) is 20.5 Å². The highest BCUT2D eigenvalue weighted by atomic mass is 35.5. The van der Waals surface area contributed by atoms with Gasteiger partial charge >= 0.3 is 0 Å². The Bertz CT molecular complexity index is 794. The average molecular weight is 333 g/mol. The minimum atomic E-state index is -0.196. The number of halogens is 1. The van der Waals surface area contributed by atoms with Gasteiger partial charge in [-0.1, -0.05) is 23.7 Å². The van der Waals surface area contributed by atoms with Crippen molar-refractivity contribution < 1.29 is 4.79 Å². The summed E-state index contributed by atoms with van der Waals surface area (Å²) in [7, 11) is 0. The quantitative estimate of drug-likeness (QED) is 0.769. The molecule has 1 aromatic carbocycles. The van der Waals surface area contributed by atoms with Crippen LogP contribution in [0.5, 0.6) is 0 Å². The molecule has 2 aromatic heterocycles. The summed E-state index contributed by atoms with van der Waals surface area (Å²) in [5.41, 5.74) is 2.03. The number of hydrogen-bond acceptors (Lipinski definition) is 4. The first-order valence-electron chi connectivity index (χ1n) is 6.62. The summed E-state index contributed by atoms with van der Waals surface area (Å²) in [5, 5.41) is 11.4. The van der Waals surface area contributed by atoms with Crippen LogP contribution in [-0.2, 0) is 6.54 Å². The van der Waals surface area contributed by atoms with Crippen LogP contribution in [0.3, 0.4) is 0 Å². The third-order valence-electron chi connectivity index (χ3n) is 3.05. The number of nitrogens with one attached hydrogen (secondary N) is 2. The third kappa shape index (κ3) is 3.35. The average Bonchev–Trinajstić information content (AvgIpc) is 3.15. The second kappa shape index (κ2) is 6.29. The van der Waals surface area contributed by atoms with Gasteiger partial charge in [-0.05, 0) is 25.1 Å². The highest BCUT2D eigenvalue weighted by Crippen LogP contribution is 2.20. The van der Waals surface area contributed by atoms with E-state index in [1.807, 2.05) is 19.1 Å². The van der Waals surface area contributed by atoms with Gasteiger partial charge in [0, 0.05) is 21.7 Å². The molecule has 112 valence electrons. The van der Waals surface area contributed by atoms with Crippen LogP contribution in [0.2, 0.25) is 5.02 Å². The number of nitrogens with zero attached hydrogens (tertiary/aromatic N) is 2. The third-order valence-corrected chi connectivity index (χ3v) is 4.22. The van der Waals surface area contributed by atoms with E-state index in [0.717, 1.165) is 15.4 Å². The zero-order valence-corrected chi connectivity index (χ0v) is 13.3. The molecule has 0 radical (unpaired) electrons. The molecule has 0 aliphatic heterocycles. The Hall–Kier alpha value is -2.18. The predicted molar refractivity (Wildman–Crippen MR) is 87.1 cm³/mol. The Kier molecular flexibility index (Phi) is 4.22. The first kappa shape index (κ1) is 14.7. The van der Waals surface area contributed by atoms with E-state index in [9.17, 15) is 4.79 Å². The van der Waals surface area contributed by atoms with Gasteiger partial charge < -0.3 is 5.32 Å². The SMILES string of the molecule is Cc1ncc(CNC(=O)c2cc(-c3ccc(Cl)cc3)n[nH]2)s1. The summed E-state index contributed by atoms with van der Waals surface area (Å²) in [6.45, 7) is 2.39. The fourth-order valence-corrected chi connectivity index (χ4v) is 2.82. The van der Waals surface area contributed by atoms with Crippen LogP contribution >= 0.6 is 22.9 Å². The molecule has 3 aromatic rings. The lowest BCUT2D eigenvalue weighted by molar-refractivity contribution is 0.0946. The molecule has 2 heterocycles. The van der Waals surface area contributed by atoms with Crippen LogP contribution in [0.15, 0.2) is 36.5 Å². The molecular weight excluding hydrogens is 320 g/mol. The van der Waals surface area contributed by atoms with Crippen LogP contribution in [-0.4, -0.2) is 21.1 Å². The molecule has 22 heavy (non-hydrogen) atoms.